The number of hydrogen-bond donors (Lipinski definition) is 1. The number of hydrogen-bond acceptors (Lipinski definition) is 7. The van der Waals surface area contributed by atoms with Gasteiger partial charge in [-0.1, -0.05) is 29.3 Å². The number of benzene rings is 2. The standard InChI is InChI=1S/C27H25Cl2FN4O5S/c1-40(37,38)9-8-34-24-11-17(27(35)36)3-5-22(24)31-25(34)14-33-7-6-16-10-20(29)26(32-23(16)13-33)39-15-18-2-4-19(28)12-21(18)30/h2-5,10-12H,6-9,13-15H2,1H3,(H,35,36). The van der Waals surface area contributed by atoms with E-state index in [1.54, 1.807) is 22.8 Å². The zero-order valence-electron chi connectivity index (χ0n) is 21.4. The summed E-state index contributed by atoms with van der Waals surface area (Å²) in [6.45, 7) is 1.59. The molecule has 4 aromatic rings. The zero-order chi connectivity index (χ0) is 28.6. The molecule has 40 heavy (non-hydrogen) atoms. The summed E-state index contributed by atoms with van der Waals surface area (Å²) in [5, 5.41) is 10.1. The number of pyridine rings is 1. The molecule has 0 fully saturated rings. The fraction of sp³-hybridized carbons (Fsp3) is 0.296. The highest BCUT2D eigenvalue weighted by Crippen LogP contribution is 2.30. The van der Waals surface area contributed by atoms with Gasteiger partial charge in [0, 0.05) is 36.5 Å². The van der Waals surface area contributed by atoms with Crippen molar-refractivity contribution in [3.63, 3.8) is 0 Å². The van der Waals surface area contributed by atoms with Gasteiger partial charge in [0.2, 0.25) is 5.88 Å². The molecule has 2 aromatic carbocycles. The second-order valence-electron chi connectivity index (χ2n) is 9.68. The molecule has 0 bridgehead atoms. The van der Waals surface area contributed by atoms with Crippen molar-refractivity contribution >= 4 is 50.0 Å². The quantitative estimate of drug-likeness (QED) is 0.290. The van der Waals surface area contributed by atoms with Crippen LogP contribution in [0.3, 0.4) is 0 Å². The summed E-state index contributed by atoms with van der Waals surface area (Å²) in [7, 11) is -3.27. The van der Waals surface area contributed by atoms with Crippen molar-refractivity contribution < 1.29 is 27.4 Å². The van der Waals surface area contributed by atoms with Crippen LogP contribution in [0, 0.1) is 5.82 Å². The number of aromatic carboxylic acids is 1. The van der Waals surface area contributed by atoms with E-state index in [4.69, 9.17) is 32.9 Å². The maximum atomic E-state index is 14.2. The lowest BCUT2D eigenvalue weighted by molar-refractivity contribution is 0.0697. The SMILES string of the molecule is CS(=O)(=O)CCn1c(CN2CCc3cc(Cl)c(OCc4ccc(Cl)cc4F)nc3C2)nc2ccc(C(=O)O)cc21. The first kappa shape index (κ1) is 28.3. The minimum atomic E-state index is -3.27. The number of aryl methyl sites for hydroxylation is 1. The number of aromatic nitrogens is 3. The molecule has 1 aliphatic rings. The van der Waals surface area contributed by atoms with E-state index in [0.717, 1.165) is 17.5 Å². The Morgan fingerprint density at radius 3 is 2.67 bits per heavy atom. The Morgan fingerprint density at radius 2 is 1.95 bits per heavy atom. The molecule has 3 heterocycles. The van der Waals surface area contributed by atoms with Crippen molar-refractivity contribution in [1.29, 1.82) is 0 Å². The summed E-state index contributed by atoms with van der Waals surface area (Å²) < 4.78 is 45.5. The van der Waals surface area contributed by atoms with Crippen LogP contribution in [0.1, 0.15) is 33.0 Å². The topological polar surface area (TPSA) is 115 Å². The molecule has 9 nitrogen and oxygen atoms in total. The number of imidazole rings is 1. The van der Waals surface area contributed by atoms with Crippen molar-refractivity contribution in [1.82, 2.24) is 19.4 Å². The van der Waals surface area contributed by atoms with Gasteiger partial charge in [0.05, 0.1) is 34.6 Å². The first-order valence-electron chi connectivity index (χ1n) is 12.3. The molecule has 0 unspecified atom stereocenters. The van der Waals surface area contributed by atoms with E-state index < -0.39 is 21.6 Å². The van der Waals surface area contributed by atoms with E-state index in [1.807, 2.05) is 6.07 Å². The number of carboxylic acid groups (broad SMARTS) is 1. The smallest absolute Gasteiger partial charge is 0.335 e. The highest BCUT2D eigenvalue weighted by Gasteiger charge is 2.23. The number of carboxylic acids is 1. The van der Waals surface area contributed by atoms with Crippen LogP contribution in [-0.2, 0) is 42.5 Å². The van der Waals surface area contributed by atoms with E-state index in [0.29, 0.717) is 58.5 Å². The van der Waals surface area contributed by atoms with E-state index in [2.05, 4.69) is 9.88 Å². The summed E-state index contributed by atoms with van der Waals surface area (Å²) in [5.74, 6) is -0.859. The van der Waals surface area contributed by atoms with Gasteiger partial charge < -0.3 is 14.4 Å². The Balaban J connectivity index is 1.38. The summed E-state index contributed by atoms with van der Waals surface area (Å²) >= 11 is 12.2. The molecule has 5 rings (SSSR count). The van der Waals surface area contributed by atoms with Gasteiger partial charge in [0.25, 0.3) is 0 Å². The predicted octanol–water partition coefficient (Wildman–Crippen LogP) is 4.76. The second kappa shape index (κ2) is 11.3. The fourth-order valence-electron chi connectivity index (χ4n) is 4.62. The molecule has 2 aromatic heterocycles. The van der Waals surface area contributed by atoms with Crippen LogP contribution in [-0.4, -0.2) is 57.5 Å². The van der Waals surface area contributed by atoms with Crippen molar-refractivity contribution in [2.75, 3.05) is 18.6 Å². The van der Waals surface area contributed by atoms with Crippen molar-refractivity contribution in [2.45, 2.75) is 32.7 Å². The Labute approximate surface area is 240 Å². The number of ether oxygens (including phenoxy) is 1. The molecule has 0 atom stereocenters. The Kier molecular flexibility index (Phi) is 8.01. The van der Waals surface area contributed by atoms with Gasteiger partial charge in [0.1, 0.15) is 33.1 Å². The predicted molar refractivity (Wildman–Crippen MR) is 149 cm³/mol. The van der Waals surface area contributed by atoms with Crippen LogP contribution < -0.4 is 4.74 Å². The monoisotopic (exact) mass is 606 g/mol. The highest BCUT2D eigenvalue weighted by molar-refractivity contribution is 7.90. The number of fused-ring (bicyclic) bond motifs is 2. The molecule has 1 N–H and O–H groups in total. The normalized spacial score (nSPS) is 13.9. The summed E-state index contributed by atoms with van der Waals surface area (Å²) in [5.41, 5.74) is 3.29. The van der Waals surface area contributed by atoms with Crippen molar-refractivity contribution in [2.24, 2.45) is 0 Å². The third-order valence-electron chi connectivity index (χ3n) is 6.69. The Bertz CT molecular complexity index is 1730. The molecular formula is C27H25Cl2FN4O5S. The Morgan fingerprint density at radius 1 is 1.15 bits per heavy atom. The summed E-state index contributed by atoms with van der Waals surface area (Å²) in [4.78, 5) is 23.0. The minimum Gasteiger partial charge on any atom is -0.478 e. The van der Waals surface area contributed by atoms with Gasteiger partial charge in [-0.3, -0.25) is 4.90 Å². The molecule has 0 saturated heterocycles. The maximum Gasteiger partial charge on any atom is 0.335 e. The van der Waals surface area contributed by atoms with Crippen LogP contribution in [0.5, 0.6) is 5.88 Å². The fourth-order valence-corrected chi connectivity index (χ4v) is 5.52. The van der Waals surface area contributed by atoms with Crippen LogP contribution in [0.25, 0.3) is 11.0 Å². The summed E-state index contributed by atoms with van der Waals surface area (Å²) in [6.07, 6.45) is 1.83. The van der Waals surface area contributed by atoms with Crippen LogP contribution in [0.15, 0.2) is 42.5 Å². The first-order valence-corrected chi connectivity index (χ1v) is 15.2. The van der Waals surface area contributed by atoms with Crippen LogP contribution in [0.4, 0.5) is 4.39 Å². The molecule has 210 valence electrons. The number of sulfone groups is 1. The average molecular weight is 607 g/mol. The number of carbonyl (C=O) groups is 1. The molecule has 1 aliphatic heterocycles. The lowest BCUT2D eigenvalue weighted by Gasteiger charge is -2.28. The largest absolute Gasteiger partial charge is 0.478 e. The molecule has 0 spiro atoms. The third kappa shape index (κ3) is 6.38. The lowest BCUT2D eigenvalue weighted by Crippen LogP contribution is -2.32. The highest BCUT2D eigenvalue weighted by atomic mass is 35.5. The molecule has 0 amide bonds. The summed E-state index contributed by atoms with van der Waals surface area (Å²) in [6, 6.07) is 10.8. The lowest BCUT2D eigenvalue weighted by atomic mass is 10.1. The molecule has 0 saturated carbocycles. The molecule has 13 heteroatoms. The molecule has 0 aliphatic carbocycles. The van der Waals surface area contributed by atoms with E-state index in [9.17, 15) is 22.7 Å². The van der Waals surface area contributed by atoms with E-state index in [-0.39, 0.29) is 30.3 Å². The third-order valence-corrected chi connectivity index (χ3v) is 8.12. The van der Waals surface area contributed by atoms with Gasteiger partial charge in [-0.2, -0.15) is 0 Å². The number of rotatable bonds is 9. The van der Waals surface area contributed by atoms with Crippen LogP contribution in [0.2, 0.25) is 10.0 Å². The number of nitrogens with zero attached hydrogens (tertiary/aromatic N) is 4. The first-order chi connectivity index (χ1) is 19.0. The van der Waals surface area contributed by atoms with Gasteiger partial charge in [-0.25, -0.2) is 27.6 Å². The van der Waals surface area contributed by atoms with E-state index >= 15 is 0 Å². The zero-order valence-corrected chi connectivity index (χ0v) is 23.7. The molecule has 0 radical (unpaired) electrons. The maximum absolute atomic E-state index is 14.2. The van der Waals surface area contributed by atoms with Crippen LogP contribution >= 0.6 is 23.2 Å². The van der Waals surface area contributed by atoms with Gasteiger partial charge in [-0.05, 0) is 48.4 Å². The van der Waals surface area contributed by atoms with Gasteiger partial charge >= 0.3 is 5.97 Å². The minimum absolute atomic E-state index is 0.0685. The van der Waals surface area contributed by atoms with Crippen molar-refractivity contribution in [3.05, 3.63) is 86.5 Å². The molecular weight excluding hydrogens is 582 g/mol. The average Bonchev–Trinajstić information content (AvgIpc) is 3.22. The Hall–Kier alpha value is -3.25. The van der Waals surface area contributed by atoms with Gasteiger partial charge in [0.15, 0.2) is 0 Å². The van der Waals surface area contributed by atoms with Gasteiger partial charge in [-0.15, -0.1) is 0 Å². The number of halogens is 3. The van der Waals surface area contributed by atoms with Crippen molar-refractivity contribution in [3.8, 4) is 5.88 Å². The van der Waals surface area contributed by atoms with E-state index in [1.165, 1.54) is 18.2 Å². The second-order valence-corrected chi connectivity index (χ2v) is 12.8.